The van der Waals surface area contributed by atoms with Gasteiger partial charge in [0.05, 0.1) is 57.8 Å². The van der Waals surface area contributed by atoms with Gasteiger partial charge in [-0.1, -0.05) is 6.07 Å². The molecule has 2 aromatic carbocycles. The zero-order chi connectivity index (χ0) is 26.3. The smallest absolute Gasteiger partial charge is 0.267 e. The second-order valence-electron chi connectivity index (χ2n) is 9.22. The van der Waals surface area contributed by atoms with E-state index in [2.05, 4.69) is 9.97 Å². The Morgan fingerprint density at radius 1 is 1.08 bits per heavy atom. The number of aromatic nitrogens is 4. The maximum absolute atomic E-state index is 15.3. The molecule has 0 aliphatic heterocycles. The fourth-order valence-corrected chi connectivity index (χ4v) is 5.37. The van der Waals surface area contributed by atoms with Gasteiger partial charge < -0.3 is 8.98 Å². The number of halogens is 2. The van der Waals surface area contributed by atoms with Crippen molar-refractivity contribution in [1.29, 1.82) is 0 Å². The van der Waals surface area contributed by atoms with Crippen molar-refractivity contribution in [3.8, 4) is 11.1 Å². The fraction of sp³-hybridized carbons (Fsp3) is 0.0741. The first kappa shape index (κ1) is 22.3. The summed E-state index contributed by atoms with van der Waals surface area (Å²) in [4.78, 5) is 46.6. The molecule has 11 heteroatoms. The normalized spacial score (nSPS) is 12.8. The molecule has 0 spiro atoms. The van der Waals surface area contributed by atoms with Crippen molar-refractivity contribution in [3.63, 3.8) is 0 Å². The van der Waals surface area contributed by atoms with Gasteiger partial charge >= 0.3 is 0 Å². The molecule has 1 aliphatic carbocycles. The summed E-state index contributed by atoms with van der Waals surface area (Å²) < 4.78 is 38.6. The molecular formula is C27H15BF2N4O4. The molecule has 0 bridgehead atoms. The topological polar surface area (TPSA) is 100.0 Å². The van der Waals surface area contributed by atoms with Crippen LogP contribution in [-0.2, 0) is 13.0 Å². The van der Waals surface area contributed by atoms with Crippen molar-refractivity contribution in [1.82, 2.24) is 19.1 Å². The van der Waals surface area contributed by atoms with Gasteiger partial charge in [-0.25, -0.2) is 18.3 Å². The zero-order valence-electron chi connectivity index (χ0n) is 19.8. The van der Waals surface area contributed by atoms with E-state index < -0.39 is 23.0 Å². The number of nitrogens with zero attached hydrogens (tertiary/aromatic N) is 4. The highest BCUT2D eigenvalue weighted by molar-refractivity contribution is 6.57. The molecule has 0 saturated carbocycles. The largest absolute Gasteiger partial charge is 0.463 e. The molecule has 184 valence electrons. The molecule has 0 unspecified atom stereocenters. The Kier molecular flexibility index (Phi) is 4.57. The highest BCUT2D eigenvalue weighted by Gasteiger charge is 2.33. The average Bonchev–Trinajstić information content (AvgIpc) is 3.49. The number of Topliss-reactive ketones (excluding diaryl/α,β-unsaturated/α-hetero) is 1. The van der Waals surface area contributed by atoms with E-state index in [0.717, 1.165) is 17.0 Å². The van der Waals surface area contributed by atoms with Gasteiger partial charge in [0.1, 0.15) is 23.5 Å². The molecule has 6 aromatic rings. The van der Waals surface area contributed by atoms with Gasteiger partial charge in [-0.3, -0.25) is 19.4 Å². The quantitative estimate of drug-likeness (QED) is 0.330. The number of rotatable bonds is 2. The predicted molar refractivity (Wildman–Crippen MR) is 137 cm³/mol. The molecule has 38 heavy (non-hydrogen) atoms. The number of pyridine rings is 1. The van der Waals surface area contributed by atoms with Gasteiger partial charge in [0.2, 0.25) is 7.85 Å². The predicted octanol–water partition coefficient (Wildman–Crippen LogP) is 3.83. The number of benzene rings is 2. The van der Waals surface area contributed by atoms with E-state index in [1.807, 2.05) is 6.07 Å². The van der Waals surface area contributed by atoms with E-state index >= 15 is 8.78 Å². The molecule has 0 saturated heterocycles. The maximum atomic E-state index is 15.3. The van der Waals surface area contributed by atoms with Gasteiger partial charge in [0, 0.05) is 29.0 Å². The van der Waals surface area contributed by atoms with Gasteiger partial charge in [-0.15, -0.1) is 0 Å². The minimum Gasteiger partial charge on any atom is -0.463 e. The van der Waals surface area contributed by atoms with Crippen molar-refractivity contribution in [3.05, 3.63) is 94.1 Å². The Bertz CT molecular complexity index is 2090. The summed E-state index contributed by atoms with van der Waals surface area (Å²) >= 11 is 0. The number of fused-ring (bicyclic) bond motifs is 8. The zero-order valence-corrected chi connectivity index (χ0v) is 19.8. The Morgan fingerprint density at radius 3 is 2.74 bits per heavy atom. The molecule has 0 atom stereocenters. The summed E-state index contributed by atoms with van der Waals surface area (Å²) in [7, 11) is 1.22. The summed E-state index contributed by atoms with van der Waals surface area (Å²) in [6.45, 7) is -0.186. The van der Waals surface area contributed by atoms with Crippen LogP contribution in [0.3, 0.4) is 0 Å². The highest BCUT2D eigenvalue weighted by Crippen LogP contribution is 2.44. The number of hydrogen-bond donors (Lipinski definition) is 0. The van der Waals surface area contributed by atoms with Crippen molar-refractivity contribution in [2.75, 3.05) is 0 Å². The average molecular weight is 508 g/mol. The summed E-state index contributed by atoms with van der Waals surface area (Å²) in [5, 5.41) is 0.823. The van der Waals surface area contributed by atoms with Gasteiger partial charge in [-0.2, -0.15) is 0 Å². The lowest BCUT2D eigenvalue weighted by atomic mass is 9.90. The SMILES string of the molecule is BC(=O)n1cnc2cc(F)c(Cn3c4c(c5c6occc6c(F)cc53)-c3cccnc3CC4=O)cc2c1=O. The third-order valence-corrected chi connectivity index (χ3v) is 7.06. The molecule has 8 nitrogen and oxygen atoms in total. The van der Waals surface area contributed by atoms with Crippen LogP contribution in [0.2, 0.25) is 0 Å². The van der Waals surface area contributed by atoms with Crippen molar-refractivity contribution >= 4 is 52.2 Å². The number of ketones is 1. The molecule has 0 fully saturated rings. The van der Waals surface area contributed by atoms with Crippen LogP contribution in [0.25, 0.3) is 43.9 Å². The van der Waals surface area contributed by atoms with E-state index in [1.54, 1.807) is 16.8 Å². The van der Waals surface area contributed by atoms with Crippen LogP contribution in [0.1, 0.15) is 21.7 Å². The van der Waals surface area contributed by atoms with Crippen LogP contribution in [0.15, 0.2) is 64.4 Å². The van der Waals surface area contributed by atoms with E-state index in [-0.39, 0.29) is 51.9 Å². The lowest BCUT2D eigenvalue weighted by molar-refractivity contribution is 0.0982. The Morgan fingerprint density at radius 2 is 1.92 bits per heavy atom. The third kappa shape index (κ3) is 2.98. The van der Waals surface area contributed by atoms with E-state index in [1.165, 1.54) is 32.3 Å². The van der Waals surface area contributed by atoms with Crippen LogP contribution >= 0.6 is 0 Å². The molecular weight excluding hydrogens is 493 g/mol. The number of hydrogen-bond acceptors (Lipinski definition) is 6. The van der Waals surface area contributed by atoms with Crippen LogP contribution < -0.4 is 5.56 Å². The standard InChI is InChI=1S/C27H15BF2N4O4/c28-27(37)34-11-32-18-7-16(29)12(6-15(18)26(34)36)10-33-20-8-17(30)13-3-5-38-25(13)23(20)22-14-2-1-4-31-19(14)9-21(35)24(22)33/h1-8,11H,9-10,28H2. The van der Waals surface area contributed by atoms with E-state index in [0.29, 0.717) is 27.7 Å². The van der Waals surface area contributed by atoms with Crippen LogP contribution in [-0.4, -0.2) is 38.5 Å². The minimum atomic E-state index is -0.662. The lowest BCUT2D eigenvalue weighted by Gasteiger charge is -2.18. The van der Waals surface area contributed by atoms with Crippen molar-refractivity contribution in [2.24, 2.45) is 0 Å². The van der Waals surface area contributed by atoms with Crippen LogP contribution in [0.5, 0.6) is 0 Å². The summed E-state index contributed by atoms with van der Waals surface area (Å²) in [6.07, 6.45) is 4.06. The second kappa shape index (κ2) is 7.79. The van der Waals surface area contributed by atoms with E-state index in [9.17, 15) is 14.4 Å². The molecule has 4 heterocycles. The first-order valence-electron chi connectivity index (χ1n) is 11.7. The Balaban J connectivity index is 1.55. The summed E-state index contributed by atoms with van der Waals surface area (Å²) in [5.41, 5.74) is 2.25. The molecule has 0 N–H and O–H groups in total. The van der Waals surface area contributed by atoms with Crippen molar-refractivity contribution in [2.45, 2.75) is 13.0 Å². The summed E-state index contributed by atoms with van der Waals surface area (Å²) in [6, 6.07) is 8.84. The molecule has 7 rings (SSSR count). The molecule has 0 amide bonds. The van der Waals surface area contributed by atoms with Crippen LogP contribution in [0.4, 0.5) is 13.6 Å². The van der Waals surface area contributed by atoms with Gasteiger partial charge in [0.25, 0.3) is 5.56 Å². The lowest BCUT2D eigenvalue weighted by Crippen LogP contribution is -2.26. The third-order valence-electron chi connectivity index (χ3n) is 7.06. The first-order chi connectivity index (χ1) is 18.3. The second-order valence-corrected chi connectivity index (χ2v) is 9.22. The number of carbonyl (C=O) groups excluding carboxylic acids is 2. The first-order valence-corrected chi connectivity index (χ1v) is 11.7. The molecule has 0 radical (unpaired) electrons. The van der Waals surface area contributed by atoms with Crippen LogP contribution in [0, 0.1) is 11.6 Å². The summed E-state index contributed by atoms with van der Waals surface area (Å²) in [5.74, 6) is -2.00. The Labute approximate surface area is 212 Å². The molecule has 4 aromatic heterocycles. The minimum absolute atomic E-state index is 0.0245. The molecule has 1 aliphatic rings. The fourth-order valence-electron chi connectivity index (χ4n) is 5.37. The van der Waals surface area contributed by atoms with Gasteiger partial charge in [0.15, 0.2) is 11.6 Å². The Hall–Kier alpha value is -4.93. The maximum Gasteiger partial charge on any atom is 0.267 e. The number of carbonyl (C=O) groups is 2. The van der Waals surface area contributed by atoms with E-state index in [4.69, 9.17) is 4.42 Å². The monoisotopic (exact) mass is 508 g/mol. The number of furan rings is 1. The van der Waals surface area contributed by atoms with Gasteiger partial charge in [-0.05, 0) is 24.3 Å². The van der Waals surface area contributed by atoms with Crippen molar-refractivity contribution < 1.29 is 22.8 Å². The highest BCUT2D eigenvalue weighted by atomic mass is 19.1.